The maximum absolute atomic E-state index is 8.52. The molecule has 0 aliphatic heterocycles. The maximum Gasteiger partial charge on any atom is 0.119 e. The van der Waals surface area contributed by atoms with Crippen molar-refractivity contribution in [3.05, 3.63) is 29.3 Å². The fraction of sp³-hybridized carbons (Fsp3) is 0.667. The molecule has 0 fully saturated rings. The van der Waals surface area contributed by atoms with Crippen LogP contribution in [0.25, 0.3) is 0 Å². The third kappa shape index (κ3) is 14.3. The molecular formula is C18H29ClO7. The van der Waals surface area contributed by atoms with Gasteiger partial charge in [0.15, 0.2) is 0 Å². The van der Waals surface area contributed by atoms with Gasteiger partial charge >= 0.3 is 0 Å². The Labute approximate surface area is 160 Å². The number of halogens is 1. The van der Waals surface area contributed by atoms with E-state index in [1.54, 1.807) is 12.1 Å². The Balaban J connectivity index is 1.72. The molecule has 1 aromatic rings. The Bertz CT molecular complexity index is 417. The number of hydrogen-bond donors (Lipinski definition) is 1. The highest BCUT2D eigenvalue weighted by Gasteiger charge is 1.95. The van der Waals surface area contributed by atoms with Gasteiger partial charge in [-0.3, -0.25) is 0 Å². The SMILES string of the molecule is OCCOCCOCCOCCOCCOCCOc1ccc(Cl)cc1. The van der Waals surface area contributed by atoms with Gasteiger partial charge in [0.1, 0.15) is 12.4 Å². The van der Waals surface area contributed by atoms with Crippen LogP contribution in [-0.2, 0) is 23.7 Å². The summed E-state index contributed by atoms with van der Waals surface area (Å²) in [6.45, 7) is 5.44. The van der Waals surface area contributed by atoms with Gasteiger partial charge in [0.05, 0.1) is 72.7 Å². The molecule has 7 nitrogen and oxygen atoms in total. The van der Waals surface area contributed by atoms with Crippen LogP contribution in [0.1, 0.15) is 0 Å². The summed E-state index contributed by atoms with van der Waals surface area (Å²) in [7, 11) is 0. The lowest BCUT2D eigenvalue weighted by Gasteiger charge is -2.08. The molecular weight excluding hydrogens is 364 g/mol. The maximum atomic E-state index is 8.52. The van der Waals surface area contributed by atoms with Gasteiger partial charge in [0.2, 0.25) is 0 Å². The van der Waals surface area contributed by atoms with E-state index in [0.29, 0.717) is 77.7 Å². The minimum Gasteiger partial charge on any atom is -0.491 e. The van der Waals surface area contributed by atoms with Crippen LogP contribution >= 0.6 is 11.6 Å². The topological polar surface area (TPSA) is 75.6 Å². The molecule has 0 bridgehead atoms. The standard InChI is InChI=1S/C18H29ClO7/c19-17-1-3-18(4-2-17)26-16-15-25-14-13-24-12-11-23-10-9-22-8-7-21-6-5-20/h1-4,20H,5-16H2. The van der Waals surface area contributed by atoms with E-state index in [1.807, 2.05) is 12.1 Å². The Morgan fingerprint density at radius 2 is 0.962 bits per heavy atom. The van der Waals surface area contributed by atoms with E-state index in [9.17, 15) is 0 Å². The average molecular weight is 393 g/mol. The summed E-state index contributed by atoms with van der Waals surface area (Å²) in [6, 6.07) is 7.21. The van der Waals surface area contributed by atoms with E-state index in [0.717, 1.165) is 5.75 Å². The van der Waals surface area contributed by atoms with Gasteiger partial charge < -0.3 is 33.5 Å². The van der Waals surface area contributed by atoms with Crippen molar-refractivity contribution in [3.8, 4) is 5.75 Å². The summed E-state index contributed by atoms with van der Waals surface area (Å²) in [6.07, 6.45) is 0. The number of rotatable bonds is 18. The van der Waals surface area contributed by atoms with Crippen LogP contribution < -0.4 is 4.74 Å². The molecule has 1 rings (SSSR count). The molecule has 0 heterocycles. The third-order valence-electron chi connectivity index (χ3n) is 3.03. The van der Waals surface area contributed by atoms with Gasteiger partial charge in [-0.25, -0.2) is 0 Å². The van der Waals surface area contributed by atoms with Crippen molar-refractivity contribution < 1.29 is 33.5 Å². The summed E-state index contributed by atoms with van der Waals surface area (Å²) in [5.41, 5.74) is 0. The minimum atomic E-state index is 0.0331. The molecule has 0 aliphatic rings. The zero-order valence-corrected chi connectivity index (χ0v) is 15.8. The fourth-order valence-corrected chi connectivity index (χ4v) is 1.92. The largest absolute Gasteiger partial charge is 0.491 e. The molecule has 150 valence electrons. The van der Waals surface area contributed by atoms with E-state index in [2.05, 4.69) is 0 Å². The number of aliphatic hydroxyl groups excluding tert-OH is 1. The Morgan fingerprint density at radius 3 is 1.38 bits per heavy atom. The number of ether oxygens (including phenoxy) is 6. The first kappa shape index (κ1) is 23.1. The van der Waals surface area contributed by atoms with Crippen LogP contribution in [0.3, 0.4) is 0 Å². The van der Waals surface area contributed by atoms with Gasteiger partial charge in [-0.1, -0.05) is 11.6 Å². The van der Waals surface area contributed by atoms with E-state index >= 15 is 0 Å². The summed E-state index contributed by atoms with van der Waals surface area (Å²) in [5, 5.41) is 9.20. The predicted octanol–water partition coefficient (Wildman–Crippen LogP) is 1.79. The average Bonchev–Trinajstić information content (AvgIpc) is 2.66. The molecule has 0 amide bonds. The lowest BCUT2D eigenvalue weighted by molar-refractivity contribution is -0.0146. The molecule has 1 N–H and O–H groups in total. The molecule has 0 aromatic heterocycles. The minimum absolute atomic E-state index is 0.0331. The highest BCUT2D eigenvalue weighted by atomic mass is 35.5. The third-order valence-corrected chi connectivity index (χ3v) is 3.29. The van der Waals surface area contributed by atoms with E-state index in [-0.39, 0.29) is 6.61 Å². The highest BCUT2D eigenvalue weighted by molar-refractivity contribution is 6.30. The van der Waals surface area contributed by atoms with Gasteiger partial charge in [-0.15, -0.1) is 0 Å². The van der Waals surface area contributed by atoms with Crippen LogP contribution in [0.4, 0.5) is 0 Å². The van der Waals surface area contributed by atoms with Crippen molar-refractivity contribution >= 4 is 11.6 Å². The predicted molar refractivity (Wildman–Crippen MR) is 98.1 cm³/mol. The lowest BCUT2D eigenvalue weighted by Crippen LogP contribution is -2.14. The molecule has 0 spiro atoms. The van der Waals surface area contributed by atoms with Gasteiger partial charge in [0, 0.05) is 5.02 Å². The van der Waals surface area contributed by atoms with Gasteiger partial charge in [0.25, 0.3) is 0 Å². The van der Waals surface area contributed by atoms with E-state index in [4.69, 9.17) is 45.1 Å². The summed E-state index contributed by atoms with van der Waals surface area (Å²) < 4.78 is 32.0. The van der Waals surface area contributed by atoms with Gasteiger partial charge in [-0.05, 0) is 24.3 Å². The van der Waals surface area contributed by atoms with Crippen LogP contribution in [0.2, 0.25) is 5.02 Å². The molecule has 0 atom stereocenters. The fourth-order valence-electron chi connectivity index (χ4n) is 1.80. The summed E-state index contributed by atoms with van der Waals surface area (Å²) >= 11 is 5.80. The monoisotopic (exact) mass is 392 g/mol. The van der Waals surface area contributed by atoms with Crippen LogP contribution in [0, 0.1) is 0 Å². The Kier molecular flexibility index (Phi) is 15.5. The number of benzene rings is 1. The smallest absolute Gasteiger partial charge is 0.119 e. The van der Waals surface area contributed by atoms with Crippen LogP contribution in [0.15, 0.2) is 24.3 Å². The normalized spacial score (nSPS) is 11.0. The van der Waals surface area contributed by atoms with Crippen molar-refractivity contribution in [3.63, 3.8) is 0 Å². The zero-order valence-electron chi connectivity index (χ0n) is 15.1. The quantitative estimate of drug-likeness (QED) is 0.382. The highest BCUT2D eigenvalue weighted by Crippen LogP contribution is 2.15. The summed E-state index contributed by atoms with van der Waals surface area (Å²) in [5.74, 6) is 0.771. The first-order valence-electron chi connectivity index (χ1n) is 8.71. The van der Waals surface area contributed by atoms with E-state index < -0.39 is 0 Å². The number of aliphatic hydroxyl groups is 1. The van der Waals surface area contributed by atoms with E-state index in [1.165, 1.54) is 0 Å². The first-order chi connectivity index (χ1) is 12.8. The molecule has 1 aromatic carbocycles. The zero-order chi connectivity index (χ0) is 18.7. The Morgan fingerprint density at radius 1 is 0.577 bits per heavy atom. The molecule has 0 radical (unpaired) electrons. The molecule has 0 saturated carbocycles. The molecule has 0 unspecified atom stereocenters. The van der Waals surface area contributed by atoms with Gasteiger partial charge in [-0.2, -0.15) is 0 Å². The van der Waals surface area contributed by atoms with Crippen LogP contribution in [-0.4, -0.2) is 84.4 Å². The van der Waals surface area contributed by atoms with Crippen molar-refractivity contribution in [2.45, 2.75) is 0 Å². The van der Waals surface area contributed by atoms with Crippen molar-refractivity contribution in [1.82, 2.24) is 0 Å². The Hall–Kier alpha value is -0.930. The van der Waals surface area contributed by atoms with Crippen molar-refractivity contribution in [1.29, 1.82) is 0 Å². The second-order valence-corrected chi connectivity index (χ2v) is 5.52. The lowest BCUT2D eigenvalue weighted by atomic mass is 10.3. The van der Waals surface area contributed by atoms with Crippen LogP contribution in [0.5, 0.6) is 5.75 Å². The second-order valence-electron chi connectivity index (χ2n) is 5.09. The molecule has 0 saturated heterocycles. The van der Waals surface area contributed by atoms with Crippen molar-refractivity contribution in [2.75, 3.05) is 79.3 Å². The molecule has 26 heavy (non-hydrogen) atoms. The summed E-state index contributed by atoms with van der Waals surface area (Å²) in [4.78, 5) is 0. The second kappa shape index (κ2) is 17.5. The molecule has 8 heteroatoms. The van der Waals surface area contributed by atoms with Crippen molar-refractivity contribution in [2.24, 2.45) is 0 Å². The first-order valence-corrected chi connectivity index (χ1v) is 9.08. The number of hydrogen-bond acceptors (Lipinski definition) is 7. The molecule has 0 aliphatic carbocycles.